The highest BCUT2D eigenvalue weighted by Gasteiger charge is 2.21. The number of amides is 1. The molecule has 0 unspecified atom stereocenters. The molecule has 2 heterocycles. The summed E-state index contributed by atoms with van der Waals surface area (Å²) in [5.41, 5.74) is 5.64. The molecule has 5 aromatic rings. The second kappa shape index (κ2) is 11.4. The molecule has 0 aliphatic heterocycles. The number of hydrogen-bond donors (Lipinski definition) is 1. The lowest BCUT2D eigenvalue weighted by atomic mass is 10.0. The number of carbonyl (C=O) groups is 1. The molecule has 3 aromatic carbocycles. The molecule has 0 spiro atoms. The first kappa shape index (κ1) is 25.9. The van der Waals surface area contributed by atoms with E-state index in [4.69, 9.17) is 4.98 Å². The SMILES string of the molecule is CCc1cccc(CC)c1NC(=O)CSc1nc2sc(C)c(-c3ccccc3)c2c(=O)n1-c1ccccc1. The number of rotatable bonds is 8. The van der Waals surface area contributed by atoms with Crippen LogP contribution in [0.25, 0.3) is 27.0 Å². The maximum Gasteiger partial charge on any atom is 0.268 e. The average molecular weight is 540 g/mol. The first-order valence-electron chi connectivity index (χ1n) is 12.7. The van der Waals surface area contributed by atoms with Crippen LogP contribution in [0.15, 0.2) is 88.8 Å². The summed E-state index contributed by atoms with van der Waals surface area (Å²) in [6.45, 7) is 6.20. The zero-order valence-corrected chi connectivity index (χ0v) is 23.3. The van der Waals surface area contributed by atoms with Crippen LogP contribution in [0.1, 0.15) is 29.9 Å². The molecule has 2 aromatic heterocycles. The topological polar surface area (TPSA) is 64.0 Å². The highest BCUT2D eigenvalue weighted by atomic mass is 32.2. The van der Waals surface area contributed by atoms with Gasteiger partial charge in [-0.3, -0.25) is 14.2 Å². The van der Waals surface area contributed by atoms with Crippen LogP contribution in [0.2, 0.25) is 0 Å². The second-order valence-electron chi connectivity index (χ2n) is 8.95. The maximum atomic E-state index is 14.1. The molecular formula is C31H29N3O2S2. The van der Waals surface area contributed by atoms with E-state index < -0.39 is 0 Å². The van der Waals surface area contributed by atoms with Crippen molar-refractivity contribution in [3.8, 4) is 16.8 Å². The number of carbonyl (C=O) groups excluding carboxylic acids is 1. The fourth-order valence-corrected chi connectivity index (χ4v) is 6.60. The number of benzene rings is 3. The number of thioether (sulfide) groups is 1. The number of hydrogen-bond acceptors (Lipinski definition) is 5. The minimum absolute atomic E-state index is 0.119. The molecule has 0 aliphatic rings. The van der Waals surface area contributed by atoms with Crippen LogP contribution in [0, 0.1) is 6.92 Å². The van der Waals surface area contributed by atoms with Gasteiger partial charge in [0.25, 0.3) is 5.56 Å². The first-order chi connectivity index (χ1) is 18.5. The lowest BCUT2D eigenvalue weighted by Gasteiger charge is -2.15. The number of thiophene rings is 1. The van der Waals surface area contributed by atoms with Crippen LogP contribution in [0.5, 0.6) is 0 Å². The van der Waals surface area contributed by atoms with Gasteiger partial charge in [0.15, 0.2) is 5.16 Å². The molecule has 1 amide bonds. The van der Waals surface area contributed by atoms with E-state index in [1.54, 1.807) is 4.57 Å². The zero-order chi connectivity index (χ0) is 26.6. The fraction of sp³-hybridized carbons (Fsp3) is 0.194. The molecule has 0 aliphatic carbocycles. The van der Waals surface area contributed by atoms with Crippen molar-refractivity contribution in [1.29, 1.82) is 0 Å². The predicted molar refractivity (Wildman–Crippen MR) is 160 cm³/mol. The van der Waals surface area contributed by atoms with Crippen molar-refractivity contribution in [1.82, 2.24) is 9.55 Å². The number of nitrogens with one attached hydrogen (secondary N) is 1. The highest BCUT2D eigenvalue weighted by molar-refractivity contribution is 7.99. The molecule has 0 saturated carbocycles. The lowest BCUT2D eigenvalue weighted by molar-refractivity contribution is -0.113. The van der Waals surface area contributed by atoms with Crippen LogP contribution in [-0.4, -0.2) is 21.2 Å². The summed E-state index contributed by atoms with van der Waals surface area (Å²) in [5.74, 6) is 0.0221. The van der Waals surface area contributed by atoms with E-state index in [-0.39, 0.29) is 17.2 Å². The van der Waals surface area contributed by atoms with Crippen LogP contribution in [0.4, 0.5) is 5.69 Å². The molecule has 0 saturated heterocycles. The van der Waals surface area contributed by atoms with E-state index in [0.717, 1.165) is 51.3 Å². The van der Waals surface area contributed by atoms with Crippen molar-refractivity contribution in [2.75, 3.05) is 11.1 Å². The Hall–Kier alpha value is -3.68. The molecule has 7 heteroatoms. The van der Waals surface area contributed by atoms with Crippen molar-refractivity contribution < 1.29 is 4.79 Å². The number of aryl methyl sites for hydroxylation is 3. The Morgan fingerprint density at radius 3 is 2.18 bits per heavy atom. The summed E-state index contributed by atoms with van der Waals surface area (Å²) in [4.78, 5) is 33.8. The minimum Gasteiger partial charge on any atom is -0.325 e. The molecule has 5 nitrogen and oxygen atoms in total. The van der Waals surface area contributed by atoms with Gasteiger partial charge in [-0.15, -0.1) is 11.3 Å². The van der Waals surface area contributed by atoms with Gasteiger partial charge in [0.05, 0.1) is 16.8 Å². The third-order valence-corrected chi connectivity index (χ3v) is 8.48. The summed E-state index contributed by atoms with van der Waals surface area (Å²) >= 11 is 2.80. The van der Waals surface area contributed by atoms with Gasteiger partial charge >= 0.3 is 0 Å². The number of nitrogens with zero attached hydrogens (tertiary/aromatic N) is 2. The van der Waals surface area contributed by atoms with Gasteiger partial charge < -0.3 is 5.32 Å². The summed E-state index contributed by atoms with van der Waals surface area (Å²) in [6.07, 6.45) is 1.67. The summed E-state index contributed by atoms with van der Waals surface area (Å²) in [5, 5.41) is 4.24. The Balaban J connectivity index is 1.55. The van der Waals surface area contributed by atoms with Gasteiger partial charge in [-0.1, -0.05) is 92.3 Å². The van der Waals surface area contributed by atoms with E-state index in [1.165, 1.54) is 23.1 Å². The smallest absolute Gasteiger partial charge is 0.268 e. The summed E-state index contributed by atoms with van der Waals surface area (Å²) in [7, 11) is 0. The van der Waals surface area contributed by atoms with Gasteiger partial charge in [-0.2, -0.15) is 0 Å². The molecule has 1 N–H and O–H groups in total. The molecule has 5 rings (SSSR count). The Morgan fingerprint density at radius 1 is 0.921 bits per heavy atom. The van der Waals surface area contributed by atoms with Gasteiger partial charge in [0.1, 0.15) is 4.83 Å². The van der Waals surface area contributed by atoms with E-state index in [9.17, 15) is 9.59 Å². The fourth-order valence-electron chi connectivity index (χ4n) is 4.71. The normalized spacial score (nSPS) is 11.1. The Labute approximate surface area is 230 Å². The van der Waals surface area contributed by atoms with Gasteiger partial charge in [-0.25, -0.2) is 4.98 Å². The number of aromatic nitrogens is 2. The summed E-state index contributed by atoms with van der Waals surface area (Å²) in [6, 6.07) is 25.6. The van der Waals surface area contributed by atoms with Crippen molar-refractivity contribution in [3.63, 3.8) is 0 Å². The van der Waals surface area contributed by atoms with Crippen LogP contribution in [0.3, 0.4) is 0 Å². The molecular weight excluding hydrogens is 510 g/mol. The van der Waals surface area contributed by atoms with Crippen molar-refractivity contribution in [2.24, 2.45) is 0 Å². The molecule has 0 fully saturated rings. The number of para-hydroxylation sites is 2. The van der Waals surface area contributed by atoms with E-state index >= 15 is 0 Å². The van der Waals surface area contributed by atoms with Crippen LogP contribution < -0.4 is 10.9 Å². The molecule has 0 bridgehead atoms. The minimum atomic E-state index is -0.128. The Morgan fingerprint density at radius 2 is 1.55 bits per heavy atom. The molecule has 0 radical (unpaired) electrons. The van der Waals surface area contributed by atoms with Crippen LogP contribution in [-0.2, 0) is 17.6 Å². The van der Waals surface area contributed by atoms with E-state index in [2.05, 4.69) is 19.2 Å². The molecule has 0 atom stereocenters. The zero-order valence-electron chi connectivity index (χ0n) is 21.7. The van der Waals surface area contributed by atoms with E-state index in [1.807, 2.05) is 85.8 Å². The average Bonchev–Trinajstić information content (AvgIpc) is 3.28. The van der Waals surface area contributed by atoms with Crippen molar-refractivity contribution in [2.45, 2.75) is 38.8 Å². The summed E-state index contributed by atoms with van der Waals surface area (Å²) < 4.78 is 1.64. The number of fused-ring (bicyclic) bond motifs is 1. The van der Waals surface area contributed by atoms with Crippen molar-refractivity contribution >= 4 is 44.9 Å². The largest absolute Gasteiger partial charge is 0.325 e. The molecule has 192 valence electrons. The van der Waals surface area contributed by atoms with Gasteiger partial charge in [0, 0.05) is 16.1 Å². The highest BCUT2D eigenvalue weighted by Crippen LogP contribution is 2.37. The van der Waals surface area contributed by atoms with Crippen LogP contribution >= 0.6 is 23.1 Å². The molecule has 38 heavy (non-hydrogen) atoms. The third-order valence-electron chi connectivity index (χ3n) is 6.54. The Kier molecular flexibility index (Phi) is 7.77. The monoisotopic (exact) mass is 539 g/mol. The second-order valence-corrected chi connectivity index (χ2v) is 11.1. The standard InChI is InChI=1S/C31H29N3O2S2/c1-4-21-15-12-16-22(5-2)28(21)32-25(35)19-37-31-33-29-27(30(36)34(31)24-17-10-7-11-18-24)26(20(3)38-29)23-13-8-6-9-14-23/h6-18H,4-5,19H2,1-3H3,(H,32,35). The van der Waals surface area contributed by atoms with Gasteiger partial charge in [0.2, 0.25) is 5.91 Å². The van der Waals surface area contributed by atoms with E-state index in [0.29, 0.717) is 15.4 Å². The van der Waals surface area contributed by atoms with Gasteiger partial charge in [-0.05, 0) is 48.6 Å². The first-order valence-corrected chi connectivity index (χ1v) is 14.5. The number of anilines is 1. The third kappa shape index (κ3) is 5.04. The lowest BCUT2D eigenvalue weighted by Crippen LogP contribution is -2.23. The van der Waals surface area contributed by atoms with Crippen molar-refractivity contribution in [3.05, 3.63) is 105 Å². The predicted octanol–water partition coefficient (Wildman–Crippen LogP) is 7.28. The maximum absolute atomic E-state index is 14.1. The quantitative estimate of drug-likeness (QED) is 0.166. The Bertz CT molecular complexity index is 1640.